The van der Waals surface area contributed by atoms with Crippen LogP contribution >= 0.6 is 0 Å². The minimum atomic E-state index is 0.301. The van der Waals surface area contributed by atoms with Gasteiger partial charge >= 0.3 is 0 Å². The molecule has 22 heavy (non-hydrogen) atoms. The van der Waals surface area contributed by atoms with Crippen LogP contribution in [-0.4, -0.2) is 49.0 Å². The van der Waals surface area contributed by atoms with Gasteiger partial charge in [-0.3, -0.25) is 0 Å². The molecule has 1 saturated heterocycles. The third kappa shape index (κ3) is 2.32. The van der Waals surface area contributed by atoms with E-state index in [9.17, 15) is 0 Å². The Labute approximate surface area is 127 Å². The molecule has 0 radical (unpaired) electrons. The fourth-order valence-corrected chi connectivity index (χ4v) is 2.76. The molecule has 0 aromatic carbocycles. The number of imidazole rings is 1. The molecule has 0 spiro atoms. The topological polar surface area (TPSA) is 95.5 Å². The second kappa shape index (κ2) is 5.21. The van der Waals surface area contributed by atoms with Crippen molar-refractivity contribution in [2.24, 2.45) is 0 Å². The van der Waals surface area contributed by atoms with Gasteiger partial charge in [0.2, 0.25) is 5.95 Å². The minimum absolute atomic E-state index is 0.301. The molecule has 1 aliphatic heterocycles. The number of hydrogen-bond acceptors (Lipinski definition) is 7. The Morgan fingerprint density at radius 3 is 3.14 bits per heavy atom. The molecule has 3 aromatic rings. The SMILES string of the molecule is Cc1ccnc(NC2CCN(c3ncnc4nc[nH]c34)C2)n1. The molecule has 1 aliphatic rings. The van der Waals surface area contributed by atoms with Crippen LogP contribution in [0.2, 0.25) is 0 Å². The monoisotopic (exact) mass is 296 g/mol. The van der Waals surface area contributed by atoms with Gasteiger partial charge in [0.25, 0.3) is 0 Å². The fourth-order valence-electron chi connectivity index (χ4n) is 2.76. The fraction of sp³-hybridized carbons (Fsp3) is 0.357. The number of nitrogens with one attached hydrogen (secondary N) is 2. The number of H-pyrrole nitrogens is 1. The highest BCUT2D eigenvalue weighted by Gasteiger charge is 2.25. The second-order valence-corrected chi connectivity index (χ2v) is 5.40. The van der Waals surface area contributed by atoms with Crippen LogP contribution in [0.25, 0.3) is 11.2 Å². The van der Waals surface area contributed by atoms with Crippen molar-refractivity contribution in [3.8, 4) is 0 Å². The van der Waals surface area contributed by atoms with Gasteiger partial charge in [-0.1, -0.05) is 0 Å². The number of rotatable bonds is 3. The Hall–Kier alpha value is -2.77. The zero-order valence-corrected chi connectivity index (χ0v) is 12.2. The van der Waals surface area contributed by atoms with E-state index in [-0.39, 0.29) is 0 Å². The molecule has 2 N–H and O–H groups in total. The van der Waals surface area contributed by atoms with Crippen molar-refractivity contribution in [1.29, 1.82) is 0 Å². The standard InChI is InChI=1S/C14H16N8/c1-9-2-4-15-14(20-9)21-10-3-5-22(6-10)13-11-12(17-7-16-11)18-8-19-13/h2,4,7-8,10H,3,5-6H2,1H3,(H,15,20,21)(H,16,17,18,19). The Morgan fingerprint density at radius 2 is 2.23 bits per heavy atom. The van der Waals surface area contributed by atoms with E-state index in [0.29, 0.717) is 17.6 Å². The van der Waals surface area contributed by atoms with E-state index in [1.165, 1.54) is 0 Å². The van der Waals surface area contributed by atoms with Gasteiger partial charge in [-0.15, -0.1) is 0 Å². The molecule has 1 atom stereocenters. The van der Waals surface area contributed by atoms with Crippen LogP contribution in [0, 0.1) is 6.92 Å². The first-order valence-corrected chi connectivity index (χ1v) is 7.25. The summed E-state index contributed by atoms with van der Waals surface area (Å²) < 4.78 is 0. The zero-order valence-electron chi connectivity index (χ0n) is 12.2. The maximum Gasteiger partial charge on any atom is 0.223 e. The number of aromatic amines is 1. The highest BCUT2D eigenvalue weighted by atomic mass is 15.3. The Kier molecular flexibility index (Phi) is 3.06. The van der Waals surface area contributed by atoms with Gasteiger partial charge in [-0.2, -0.15) is 0 Å². The maximum atomic E-state index is 4.40. The minimum Gasteiger partial charge on any atom is -0.353 e. The van der Waals surface area contributed by atoms with Crippen molar-refractivity contribution in [3.05, 3.63) is 30.6 Å². The maximum absolute atomic E-state index is 4.40. The van der Waals surface area contributed by atoms with Crippen molar-refractivity contribution in [1.82, 2.24) is 29.9 Å². The van der Waals surface area contributed by atoms with Crippen molar-refractivity contribution in [2.45, 2.75) is 19.4 Å². The predicted molar refractivity (Wildman–Crippen MR) is 82.7 cm³/mol. The molecule has 3 aromatic heterocycles. The van der Waals surface area contributed by atoms with E-state index in [1.807, 2.05) is 13.0 Å². The molecule has 8 nitrogen and oxygen atoms in total. The second-order valence-electron chi connectivity index (χ2n) is 5.40. The van der Waals surface area contributed by atoms with Gasteiger partial charge in [0.15, 0.2) is 11.5 Å². The molecule has 1 fully saturated rings. The molecule has 0 bridgehead atoms. The van der Waals surface area contributed by atoms with E-state index in [4.69, 9.17) is 0 Å². The number of aromatic nitrogens is 6. The molecule has 4 rings (SSSR count). The normalized spacial score (nSPS) is 18.0. The molecular weight excluding hydrogens is 280 g/mol. The highest BCUT2D eigenvalue weighted by molar-refractivity contribution is 5.82. The summed E-state index contributed by atoms with van der Waals surface area (Å²) in [5.74, 6) is 1.58. The van der Waals surface area contributed by atoms with Gasteiger partial charge < -0.3 is 15.2 Å². The lowest BCUT2D eigenvalue weighted by Crippen LogP contribution is -2.27. The van der Waals surface area contributed by atoms with Crippen molar-refractivity contribution in [2.75, 3.05) is 23.3 Å². The lowest BCUT2D eigenvalue weighted by Gasteiger charge is -2.18. The average Bonchev–Trinajstić information content (AvgIpc) is 3.15. The Morgan fingerprint density at radius 1 is 1.27 bits per heavy atom. The van der Waals surface area contributed by atoms with Gasteiger partial charge in [0.1, 0.15) is 11.8 Å². The number of fused-ring (bicyclic) bond motifs is 1. The zero-order chi connectivity index (χ0) is 14.9. The summed E-state index contributed by atoms with van der Waals surface area (Å²) in [6.07, 6.45) is 5.99. The lowest BCUT2D eigenvalue weighted by molar-refractivity contribution is 0.790. The van der Waals surface area contributed by atoms with E-state index >= 15 is 0 Å². The first-order chi connectivity index (χ1) is 10.8. The van der Waals surface area contributed by atoms with E-state index in [0.717, 1.165) is 36.5 Å². The van der Waals surface area contributed by atoms with Gasteiger partial charge in [-0.05, 0) is 19.4 Å². The average molecular weight is 296 g/mol. The third-order valence-electron chi connectivity index (χ3n) is 3.82. The number of anilines is 2. The summed E-state index contributed by atoms with van der Waals surface area (Å²) >= 11 is 0. The third-order valence-corrected chi connectivity index (χ3v) is 3.82. The molecule has 112 valence electrons. The van der Waals surface area contributed by atoms with Crippen LogP contribution in [0.15, 0.2) is 24.9 Å². The number of aryl methyl sites for hydroxylation is 1. The molecule has 0 saturated carbocycles. The summed E-state index contributed by atoms with van der Waals surface area (Å²) in [6, 6.07) is 2.19. The summed E-state index contributed by atoms with van der Waals surface area (Å²) in [5, 5.41) is 3.39. The van der Waals surface area contributed by atoms with Crippen LogP contribution in [0.1, 0.15) is 12.1 Å². The Balaban J connectivity index is 1.51. The highest BCUT2D eigenvalue weighted by Crippen LogP contribution is 2.24. The molecule has 0 aliphatic carbocycles. The Bertz CT molecular complexity index is 798. The predicted octanol–water partition coefficient (Wildman–Crippen LogP) is 1.14. The van der Waals surface area contributed by atoms with Crippen molar-refractivity contribution < 1.29 is 0 Å². The molecule has 0 amide bonds. The number of nitrogens with zero attached hydrogens (tertiary/aromatic N) is 6. The first kappa shape index (κ1) is 12.9. The lowest BCUT2D eigenvalue weighted by atomic mass is 10.3. The van der Waals surface area contributed by atoms with Crippen LogP contribution in [-0.2, 0) is 0 Å². The summed E-state index contributed by atoms with van der Waals surface area (Å²) in [5.41, 5.74) is 2.54. The van der Waals surface area contributed by atoms with Crippen LogP contribution in [0.5, 0.6) is 0 Å². The van der Waals surface area contributed by atoms with E-state index < -0.39 is 0 Å². The molecule has 4 heterocycles. The quantitative estimate of drug-likeness (QED) is 0.748. The molecular formula is C14H16N8. The van der Waals surface area contributed by atoms with E-state index in [1.54, 1.807) is 18.9 Å². The molecule has 8 heteroatoms. The van der Waals surface area contributed by atoms with Gasteiger partial charge in [0.05, 0.1) is 6.33 Å². The van der Waals surface area contributed by atoms with Gasteiger partial charge in [-0.25, -0.2) is 24.9 Å². The largest absolute Gasteiger partial charge is 0.353 e. The van der Waals surface area contributed by atoms with Crippen LogP contribution in [0.3, 0.4) is 0 Å². The molecule has 1 unspecified atom stereocenters. The summed E-state index contributed by atoms with van der Waals surface area (Å²) in [6.45, 7) is 3.74. The number of hydrogen-bond donors (Lipinski definition) is 2. The summed E-state index contributed by atoms with van der Waals surface area (Å²) in [7, 11) is 0. The van der Waals surface area contributed by atoms with Crippen LogP contribution in [0.4, 0.5) is 11.8 Å². The van der Waals surface area contributed by atoms with E-state index in [2.05, 4.69) is 40.1 Å². The van der Waals surface area contributed by atoms with Crippen LogP contribution < -0.4 is 10.2 Å². The first-order valence-electron chi connectivity index (χ1n) is 7.25. The van der Waals surface area contributed by atoms with Crippen molar-refractivity contribution >= 4 is 22.9 Å². The van der Waals surface area contributed by atoms with Gasteiger partial charge in [0, 0.05) is 31.0 Å². The smallest absolute Gasteiger partial charge is 0.223 e. The van der Waals surface area contributed by atoms with Crippen molar-refractivity contribution in [3.63, 3.8) is 0 Å². The summed E-state index contributed by atoms with van der Waals surface area (Å²) in [4.78, 5) is 26.7.